The van der Waals surface area contributed by atoms with Gasteiger partial charge < -0.3 is 5.32 Å². The summed E-state index contributed by atoms with van der Waals surface area (Å²) in [4.78, 5) is 9.21. The van der Waals surface area contributed by atoms with Crippen molar-refractivity contribution in [3.8, 4) is 11.3 Å². The smallest absolute Gasteiger partial charge is 0.126 e. The number of nitrogens with one attached hydrogen (secondary N) is 1. The summed E-state index contributed by atoms with van der Waals surface area (Å²) in [6.07, 6.45) is 1.09. The Kier molecular flexibility index (Phi) is 3.82. The summed E-state index contributed by atoms with van der Waals surface area (Å²) in [5.74, 6) is 0.927. The van der Waals surface area contributed by atoms with E-state index in [1.807, 2.05) is 31.2 Å². The van der Waals surface area contributed by atoms with Crippen molar-refractivity contribution in [2.45, 2.75) is 20.3 Å². The van der Waals surface area contributed by atoms with Crippen LogP contribution >= 0.6 is 0 Å². The molecule has 0 atom stereocenters. The first-order valence-corrected chi connectivity index (χ1v) is 7.35. The number of hydrogen-bond donors (Lipinski definition) is 1. The second-order valence-electron chi connectivity index (χ2n) is 5.19. The zero-order valence-corrected chi connectivity index (χ0v) is 12.4. The van der Waals surface area contributed by atoms with Crippen LogP contribution in [0.4, 0.5) is 5.82 Å². The number of hydrogen-bond acceptors (Lipinski definition) is 3. The number of anilines is 1. The fourth-order valence-electron chi connectivity index (χ4n) is 2.33. The molecule has 3 rings (SSSR count). The molecule has 0 radical (unpaired) electrons. The first-order valence-electron chi connectivity index (χ1n) is 7.35. The standard InChI is InChI=1S/C18H19N3/c1-3-11-19-18-6-4-5-16(21-18)15-9-10-17-14(12-15)8-7-13(2)20-17/h4-10,12H,3,11H2,1-2H3,(H,19,21). The predicted molar refractivity (Wildman–Crippen MR) is 88.5 cm³/mol. The van der Waals surface area contributed by atoms with E-state index in [4.69, 9.17) is 0 Å². The van der Waals surface area contributed by atoms with Gasteiger partial charge in [0.1, 0.15) is 5.82 Å². The zero-order valence-electron chi connectivity index (χ0n) is 12.4. The average molecular weight is 277 g/mol. The summed E-state index contributed by atoms with van der Waals surface area (Å²) >= 11 is 0. The van der Waals surface area contributed by atoms with Crippen molar-refractivity contribution in [1.29, 1.82) is 0 Å². The second kappa shape index (κ2) is 5.92. The maximum Gasteiger partial charge on any atom is 0.126 e. The van der Waals surface area contributed by atoms with Crippen LogP contribution in [-0.4, -0.2) is 16.5 Å². The first kappa shape index (κ1) is 13.6. The summed E-state index contributed by atoms with van der Waals surface area (Å²) in [7, 11) is 0. The highest BCUT2D eigenvalue weighted by Gasteiger charge is 2.03. The van der Waals surface area contributed by atoms with Crippen molar-refractivity contribution >= 4 is 16.7 Å². The minimum atomic E-state index is 0.927. The molecule has 0 aliphatic heterocycles. The van der Waals surface area contributed by atoms with Crippen molar-refractivity contribution in [3.05, 3.63) is 54.2 Å². The Balaban J connectivity index is 1.98. The third-order valence-corrected chi connectivity index (χ3v) is 3.43. The van der Waals surface area contributed by atoms with Crippen LogP contribution in [0.25, 0.3) is 22.2 Å². The predicted octanol–water partition coefficient (Wildman–Crippen LogP) is 4.43. The molecule has 21 heavy (non-hydrogen) atoms. The number of pyridine rings is 2. The van der Waals surface area contributed by atoms with Crippen LogP contribution in [0.15, 0.2) is 48.5 Å². The maximum atomic E-state index is 4.67. The fraction of sp³-hybridized carbons (Fsp3) is 0.222. The van der Waals surface area contributed by atoms with Gasteiger partial charge in [-0.1, -0.05) is 25.1 Å². The molecule has 2 aromatic heterocycles. The normalized spacial score (nSPS) is 10.8. The minimum Gasteiger partial charge on any atom is -0.370 e. The first-order chi connectivity index (χ1) is 10.3. The highest BCUT2D eigenvalue weighted by molar-refractivity contribution is 5.84. The zero-order chi connectivity index (χ0) is 14.7. The Labute approximate surface area is 125 Å². The van der Waals surface area contributed by atoms with Crippen molar-refractivity contribution in [3.63, 3.8) is 0 Å². The number of nitrogens with zero attached hydrogens (tertiary/aromatic N) is 2. The maximum absolute atomic E-state index is 4.67. The van der Waals surface area contributed by atoms with Gasteiger partial charge in [0.15, 0.2) is 0 Å². The van der Waals surface area contributed by atoms with E-state index in [0.29, 0.717) is 0 Å². The van der Waals surface area contributed by atoms with Gasteiger partial charge >= 0.3 is 0 Å². The van der Waals surface area contributed by atoms with E-state index in [1.54, 1.807) is 0 Å². The second-order valence-corrected chi connectivity index (χ2v) is 5.19. The van der Waals surface area contributed by atoms with Gasteiger partial charge in [0, 0.05) is 23.2 Å². The highest BCUT2D eigenvalue weighted by Crippen LogP contribution is 2.23. The molecule has 3 nitrogen and oxygen atoms in total. The van der Waals surface area contributed by atoms with Crippen molar-refractivity contribution in [2.75, 3.05) is 11.9 Å². The van der Waals surface area contributed by atoms with Crippen LogP contribution < -0.4 is 5.32 Å². The number of aromatic nitrogens is 2. The lowest BCUT2D eigenvalue weighted by Gasteiger charge is -2.07. The topological polar surface area (TPSA) is 37.8 Å². The lowest BCUT2D eigenvalue weighted by Crippen LogP contribution is -2.01. The van der Waals surface area contributed by atoms with Gasteiger partial charge in [-0.05, 0) is 43.7 Å². The van der Waals surface area contributed by atoms with E-state index in [2.05, 4.69) is 46.5 Å². The molecule has 0 spiro atoms. The molecule has 0 saturated carbocycles. The fourth-order valence-corrected chi connectivity index (χ4v) is 2.33. The van der Waals surface area contributed by atoms with Gasteiger partial charge in [-0.3, -0.25) is 4.98 Å². The van der Waals surface area contributed by atoms with E-state index in [-0.39, 0.29) is 0 Å². The van der Waals surface area contributed by atoms with Gasteiger partial charge in [0.2, 0.25) is 0 Å². The van der Waals surface area contributed by atoms with Crippen LogP contribution in [0.3, 0.4) is 0 Å². The third kappa shape index (κ3) is 3.02. The SMILES string of the molecule is CCCNc1cccc(-c2ccc3nc(C)ccc3c2)n1. The molecule has 2 heterocycles. The number of benzene rings is 1. The van der Waals surface area contributed by atoms with E-state index < -0.39 is 0 Å². The van der Waals surface area contributed by atoms with Crippen LogP contribution in [0, 0.1) is 6.92 Å². The molecular weight excluding hydrogens is 258 g/mol. The lowest BCUT2D eigenvalue weighted by molar-refractivity contribution is 0.970. The van der Waals surface area contributed by atoms with Gasteiger partial charge in [0.05, 0.1) is 11.2 Å². The summed E-state index contributed by atoms with van der Waals surface area (Å²) < 4.78 is 0. The highest BCUT2D eigenvalue weighted by atomic mass is 15.0. The molecule has 0 aliphatic carbocycles. The van der Waals surface area contributed by atoms with Crippen molar-refractivity contribution in [2.24, 2.45) is 0 Å². The molecule has 0 saturated heterocycles. The quantitative estimate of drug-likeness (QED) is 0.766. The molecule has 1 aromatic carbocycles. The molecule has 0 unspecified atom stereocenters. The van der Waals surface area contributed by atoms with Crippen LogP contribution in [0.5, 0.6) is 0 Å². The van der Waals surface area contributed by atoms with Crippen LogP contribution in [0.1, 0.15) is 19.0 Å². The summed E-state index contributed by atoms with van der Waals surface area (Å²) in [5, 5.41) is 4.47. The summed E-state index contributed by atoms with van der Waals surface area (Å²) in [6.45, 7) is 5.10. The molecule has 3 aromatic rings. The molecule has 106 valence electrons. The number of rotatable bonds is 4. The van der Waals surface area contributed by atoms with E-state index in [9.17, 15) is 0 Å². The summed E-state index contributed by atoms with van der Waals surface area (Å²) in [5.41, 5.74) is 4.17. The number of fused-ring (bicyclic) bond motifs is 1. The Bertz CT molecular complexity index is 765. The molecule has 0 aliphatic rings. The van der Waals surface area contributed by atoms with Gasteiger partial charge in [-0.2, -0.15) is 0 Å². The van der Waals surface area contributed by atoms with Crippen molar-refractivity contribution in [1.82, 2.24) is 9.97 Å². The van der Waals surface area contributed by atoms with Gasteiger partial charge in [-0.25, -0.2) is 4.98 Å². The van der Waals surface area contributed by atoms with E-state index in [1.165, 1.54) is 0 Å². The lowest BCUT2D eigenvalue weighted by atomic mass is 10.1. The Morgan fingerprint density at radius 1 is 1.00 bits per heavy atom. The van der Waals surface area contributed by atoms with E-state index in [0.717, 1.165) is 46.6 Å². The molecule has 1 N–H and O–H groups in total. The minimum absolute atomic E-state index is 0.927. The number of aryl methyl sites for hydroxylation is 1. The van der Waals surface area contributed by atoms with Crippen LogP contribution in [0.2, 0.25) is 0 Å². The Morgan fingerprint density at radius 3 is 2.76 bits per heavy atom. The van der Waals surface area contributed by atoms with Crippen LogP contribution in [-0.2, 0) is 0 Å². The van der Waals surface area contributed by atoms with E-state index >= 15 is 0 Å². The molecule has 0 amide bonds. The molecule has 0 bridgehead atoms. The summed E-state index contributed by atoms with van der Waals surface area (Å²) in [6, 6.07) is 16.5. The molecule has 0 fully saturated rings. The monoisotopic (exact) mass is 277 g/mol. The Morgan fingerprint density at radius 2 is 1.90 bits per heavy atom. The largest absolute Gasteiger partial charge is 0.370 e. The third-order valence-electron chi connectivity index (χ3n) is 3.43. The molecule has 3 heteroatoms. The van der Waals surface area contributed by atoms with Gasteiger partial charge in [-0.15, -0.1) is 0 Å². The average Bonchev–Trinajstić information content (AvgIpc) is 2.52. The Hall–Kier alpha value is -2.42. The molecular formula is C18H19N3. The van der Waals surface area contributed by atoms with Crippen molar-refractivity contribution < 1.29 is 0 Å². The van der Waals surface area contributed by atoms with Gasteiger partial charge in [0.25, 0.3) is 0 Å².